The minimum Gasteiger partial charge on any atom is -0.206 e. The topological polar surface area (TPSA) is 41.6 Å². The minimum absolute atomic E-state index is 0.332. The van der Waals surface area contributed by atoms with Crippen molar-refractivity contribution < 1.29 is 4.39 Å². The van der Waals surface area contributed by atoms with Gasteiger partial charge in [0.1, 0.15) is 11.5 Å². The van der Waals surface area contributed by atoms with Crippen molar-refractivity contribution in [1.29, 1.82) is 0 Å². The Hall–Kier alpha value is -2.20. The molecule has 5 heteroatoms. The molecule has 3 nitrogen and oxygen atoms in total. The lowest BCUT2D eigenvalue weighted by molar-refractivity contribution is 0.631. The Kier molecular flexibility index (Phi) is 3.01. The first-order valence-electron chi connectivity index (χ1n) is 5.66. The third kappa shape index (κ3) is 2.35. The van der Waals surface area contributed by atoms with Crippen LogP contribution in [0.2, 0.25) is 5.02 Å². The zero-order valence-electron chi connectivity index (χ0n) is 9.77. The van der Waals surface area contributed by atoms with Crippen molar-refractivity contribution in [3.05, 3.63) is 59.5 Å². The molecular formula is C14H9ClFN3. The molecular weight excluding hydrogens is 265 g/mol. The Labute approximate surface area is 114 Å². The minimum atomic E-state index is -0.332. The number of halogens is 2. The second kappa shape index (κ2) is 4.82. The van der Waals surface area contributed by atoms with E-state index in [4.69, 9.17) is 11.6 Å². The smallest absolute Gasteiger partial charge is 0.133 e. The number of hydrogen-bond donors (Lipinski definition) is 1. The molecule has 3 aromatic rings. The highest BCUT2D eigenvalue weighted by Gasteiger charge is 2.09. The van der Waals surface area contributed by atoms with Crippen LogP contribution in [0.4, 0.5) is 4.39 Å². The molecule has 0 amide bonds. The highest BCUT2D eigenvalue weighted by Crippen LogP contribution is 2.27. The van der Waals surface area contributed by atoms with Crippen molar-refractivity contribution in [3.63, 3.8) is 0 Å². The van der Waals surface area contributed by atoms with Crippen LogP contribution in [-0.2, 0) is 0 Å². The lowest BCUT2D eigenvalue weighted by atomic mass is 10.0. The van der Waals surface area contributed by atoms with Crippen LogP contribution in [0.5, 0.6) is 0 Å². The van der Waals surface area contributed by atoms with Gasteiger partial charge in [-0.15, -0.1) is 0 Å². The Morgan fingerprint density at radius 2 is 1.74 bits per heavy atom. The molecule has 0 aliphatic carbocycles. The van der Waals surface area contributed by atoms with E-state index in [-0.39, 0.29) is 5.82 Å². The standard InChI is InChI=1S/C14H9ClFN3/c15-11-4-1-9(2-5-11)10-3-6-12(13(16)7-10)14-8-17-19-18-14/h1-8H,(H,17,18,19). The van der Waals surface area contributed by atoms with Crippen molar-refractivity contribution in [3.8, 4) is 22.4 Å². The average Bonchev–Trinajstić information content (AvgIpc) is 2.93. The Morgan fingerprint density at radius 1 is 1.00 bits per heavy atom. The summed E-state index contributed by atoms with van der Waals surface area (Å²) in [5, 5.41) is 10.7. The zero-order valence-corrected chi connectivity index (χ0v) is 10.5. The number of rotatable bonds is 2. The molecule has 2 aromatic carbocycles. The van der Waals surface area contributed by atoms with Gasteiger partial charge in [-0.3, -0.25) is 0 Å². The van der Waals surface area contributed by atoms with E-state index in [1.54, 1.807) is 18.2 Å². The SMILES string of the molecule is Fc1cc(-c2ccc(Cl)cc2)ccc1-c1cn[nH]n1. The summed E-state index contributed by atoms with van der Waals surface area (Å²) in [5.74, 6) is -0.332. The molecule has 0 saturated heterocycles. The maximum atomic E-state index is 14.1. The third-order valence-electron chi connectivity index (χ3n) is 2.84. The highest BCUT2D eigenvalue weighted by atomic mass is 35.5. The number of aromatic nitrogens is 3. The van der Waals surface area contributed by atoms with Gasteiger partial charge in [-0.25, -0.2) is 4.39 Å². The van der Waals surface area contributed by atoms with Gasteiger partial charge in [0.15, 0.2) is 0 Å². The first-order valence-corrected chi connectivity index (χ1v) is 6.03. The first kappa shape index (κ1) is 11.9. The predicted octanol–water partition coefficient (Wildman–Crippen LogP) is 3.93. The van der Waals surface area contributed by atoms with E-state index >= 15 is 0 Å². The van der Waals surface area contributed by atoms with Crippen LogP contribution >= 0.6 is 11.6 Å². The maximum absolute atomic E-state index is 14.1. The lowest BCUT2D eigenvalue weighted by Gasteiger charge is -2.04. The molecule has 94 valence electrons. The van der Waals surface area contributed by atoms with E-state index in [1.807, 2.05) is 18.2 Å². The zero-order chi connectivity index (χ0) is 13.2. The molecule has 19 heavy (non-hydrogen) atoms. The summed E-state index contributed by atoms with van der Waals surface area (Å²) in [6.45, 7) is 0. The number of hydrogen-bond acceptors (Lipinski definition) is 2. The quantitative estimate of drug-likeness (QED) is 0.768. The van der Waals surface area contributed by atoms with Gasteiger partial charge < -0.3 is 0 Å². The summed E-state index contributed by atoms with van der Waals surface area (Å²) in [6.07, 6.45) is 1.49. The molecule has 3 rings (SSSR count). The van der Waals surface area contributed by atoms with Crippen molar-refractivity contribution in [2.45, 2.75) is 0 Å². The largest absolute Gasteiger partial charge is 0.206 e. The fourth-order valence-electron chi connectivity index (χ4n) is 1.88. The molecule has 0 unspecified atom stereocenters. The maximum Gasteiger partial charge on any atom is 0.133 e. The van der Waals surface area contributed by atoms with E-state index in [0.29, 0.717) is 16.3 Å². The number of nitrogens with zero attached hydrogens (tertiary/aromatic N) is 2. The number of nitrogens with one attached hydrogen (secondary N) is 1. The fraction of sp³-hybridized carbons (Fsp3) is 0. The number of aromatic amines is 1. The van der Waals surface area contributed by atoms with Crippen molar-refractivity contribution >= 4 is 11.6 Å². The summed E-state index contributed by atoms with van der Waals surface area (Å²) in [5.41, 5.74) is 2.61. The molecule has 1 N–H and O–H groups in total. The van der Waals surface area contributed by atoms with Gasteiger partial charge >= 0.3 is 0 Å². The van der Waals surface area contributed by atoms with Crippen molar-refractivity contribution in [2.24, 2.45) is 0 Å². The highest BCUT2D eigenvalue weighted by molar-refractivity contribution is 6.30. The second-order valence-electron chi connectivity index (χ2n) is 4.06. The third-order valence-corrected chi connectivity index (χ3v) is 3.09. The summed E-state index contributed by atoms with van der Waals surface area (Å²) in [4.78, 5) is 0. The second-order valence-corrected chi connectivity index (χ2v) is 4.49. The van der Waals surface area contributed by atoms with Gasteiger partial charge in [-0.2, -0.15) is 15.4 Å². The van der Waals surface area contributed by atoms with Crippen molar-refractivity contribution in [1.82, 2.24) is 15.4 Å². The van der Waals surface area contributed by atoms with E-state index in [1.165, 1.54) is 12.3 Å². The lowest BCUT2D eigenvalue weighted by Crippen LogP contribution is -1.87. The van der Waals surface area contributed by atoms with E-state index in [0.717, 1.165) is 11.1 Å². The molecule has 0 saturated carbocycles. The van der Waals surface area contributed by atoms with Gasteiger partial charge in [0.05, 0.1) is 6.20 Å². The first-order chi connectivity index (χ1) is 9.24. The number of benzene rings is 2. The Balaban J connectivity index is 2.02. The van der Waals surface area contributed by atoms with Gasteiger partial charge in [0.25, 0.3) is 0 Å². The molecule has 1 heterocycles. The molecule has 0 fully saturated rings. The Morgan fingerprint density at radius 3 is 2.37 bits per heavy atom. The normalized spacial score (nSPS) is 10.6. The molecule has 0 aliphatic rings. The average molecular weight is 274 g/mol. The van der Waals surface area contributed by atoms with Crippen LogP contribution in [0, 0.1) is 5.82 Å². The van der Waals surface area contributed by atoms with Gasteiger partial charge in [-0.1, -0.05) is 29.8 Å². The van der Waals surface area contributed by atoms with Gasteiger partial charge in [-0.05, 0) is 35.4 Å². The molecule has 0 spiro atoms. The van der Waals surface area contributed by atoms with Crippen LogP contribution in [0.15, 0.2) is 48.7 Å². The number of H-pyrrole nitrogens is 1. The summed E-state index contributed by atoms with van der Waals surface area (Å²) >= 11 is 5.83. The van der Waals surface area contributed by atoms with E-state index in [9.17, 15) is 4.39 Å². The molecule has 0 radical (unpaired) electrons. The van der Waals surface area contributed by atoms with Crippen LogP contribution in [0.3, 0.4) is 0 Å². The fourth-order valence-corrected chi connectivity index (χ4v) is 2.00. The van der Waals surface area contributed by atoms with Gasteiger partial charge in [0, 0.05) is 10.6 Å². The summed E-state index contributed by atoms with van der Waals surface area (Å²) < 4.78 is 14.1. The Bertz CT molecular complexity index is 693. The van der Waals surface area contributed by atoms with Crippen LogP contribution in [-0.4, -0.2) is 15.4 Å². The predicted molar refractivity (Wildman–Crippen MR) is 72.2 cm³/mol. The van der Waals surface area contributed by atoms with E-state index in [2.05, 4.69) is 15.4 Å². The molecule has 1 aromatic heterocycles. The van der Waals surface area contributed by atoms with E-state index < -0.39 is 0 Å². The summed E-state index contributed by atoms with van der Waals surface area (Å²) in [7, 11) is 0. The van der Waals surface area contributed by atoms with Gasteiger partial charge in [0.2, 0.25) is 0 Å². The van der Waals surface area contributed by atoms with Crippen LogP contribution < -0.4 is 0 Å². The molecule has 0 bridgehead atoms. The van der Waals surface area contributed by atoms with Crippen LogP contribution in [0.1, 0.15) is 0 Å². The summed E-state index contributed by atoms with van der Waals surface area (Å²) in [6, 6.07) is 12.3. The monoisotopic (exact) mass is 273 g/mol. The van der Waals surface area contributed by atoms with Crippen molar-refractivity contribution in [2.75, 3.05) is 0 Å². The van der Waals surface area contributed by atoms with Crippen LogP contribution in [0.25, 0.3) is 22.4 Å². The molecule has 0 aliphatic heterocycles. The molecule has 0 atom stereocenters.